The number of aryl methyl sites for hydroxylation is 1. The number of rotatable bonds is 3. The molecule has 21 heavy (non-hydrogen) atoms. The van der Waals surface area contributed by atoms with Gasteiger partial charge in [0.2, 0.25) is 0 Å². The maximum atomic E-state index is 12.3. The van der Waals surface area contributed by atoms with Crippen molar-refractivity contribution in [2.24, 2.45) is 0 Å². The zero-order valence-corrected chi connectivity index (χ0v) is 13.0. The minimum absolute atomic E-state index is 0. The van der Waals surface area contributed by atoms with Gasteiger partial charge in [-0.15, -0.1) is 12.4 Å². The number of carbonyl (C=O) groups excluding carboxylic acids is 1. The molecule has 1 aliphatic rings. The van der Waals surface area contributed by atoms with Gasteiger partial charge in [0.05, 0.1) is 4.92 Å². The third-order valence-corrected chi connectivity index (χ3v) is 3.78. The molecule has 1 amide bonds. The van der Waals surface area contributed by atoms with E-state index in [0.29, 0.717) is 11.1 Å². The second kappa shape index (κ2) is 6.87. The van der Waals surface area contributed by atoms with E-state index in [0.717, 1.165) is 25.9 Å². The van der Waals surface area contributed by atoms with E-state index in [4.69, 9.17) is 0 Å². The van der Waals surface area contributed by atoms with Crippen LogP contribution in [0.2, 0.25) is 0 Å². The van der Waals surface area contributed by atoms with Crippen LogP contribution < -0.4 is 10.6 Å². The molecule has 0 aromatic heterocycles. The normalized spacial score (nSPS) is 16.7. The first-order valence-electron chi connectivity index (χ1n) is 6.70. The molecular weight excluding hydrogens is 294 g/mol. The maximum Gasteiger partial charge on any atom is 0.272 e. The summed E-state index contributed by atoms with van der Waals surface area (Å²) in [6.45, 7) is 5.44. The van der Waals surface area contributed by atoms with Crippen molar-refractivity contribution in [3.8, 4) is 0 Å². The summed E-state index contributed by atoms with van der Waals surface area (Å²) >= 11 is 0. The molecule has 1 heterocycles. The van der Waals surface area contributed by atoms with E-state index in [1.54, 1.807) is 13.0 Å². The summed E-state index contributed by atoms with van der Waals surface area (Å²) in [5.74, 6) is -0.174. The molecule has 116 valence electrons. The van der Waals surface area contributed by atoms with Crippen LogP contribution in [-0.2, 0) is 0 Å². The molecule has 7 heteroatoms. The van der Waals surface area contributed by atoms with Crippen molar-refractivity contribution in [3.05, 3.63) is 39.4 Å². The van der Waals surface area contributed by atoms with Crippen LogP contribution in [-0.4, -0.2) is 29.5 Å². The quantitative estimate of drug-likeness (QED) is 0.662. The molecule has 2 N–H and O–H groups in total. The topological polar surface area (TPSA) is 84.3 Å². The summed E-state index contributed by atoms with van der Waals surface area (Å²) in [4.78, 5) is 22.6. The molecule has 0 spiro atoms. The Balaban J connectivity index is 0.00000220. The Kier molecular flexibility index (Phi) is 5.69. The van der Waals surface area contributed by atoms with Gasteiger partial charge in [-0.3, -0.25) is 14.9 Å². The third kappa shape index (κ3) is 4.15. The largest absolute Gasteiger partial charge is 0.347 e. The third-order valence-electron chi connectivity index (χ3n) is 3.78. The van der Waals surface area contributed by atoms with Crippen molar-refractivity contribution in [1.82, 2.24) is 10.6 Å². The Morgan fingerprint density at radius 3 is 2.52 bits per heavy atom. The number of halogens is 1. The van der Waals surface area contributed by atoms with Crippen molar-refractivity contribution in [2.75, 3.05) is 13.1 Å². The fraction of sp³-hybridized carbons (Fsp3) is 0.500. The standard InChI is InChI=1S/C14H19N3O3.ClH/c1-10-9-11(3-4-12(10)17(19)20)13(18)16-14(2)5-7-15-8-6-14;/h3-4,9,15H,5-8H2,1-2H3,(H,16,18);1H. The molecule has 1 saturated heterocycles. The molecule has 2 rings (SSSR count). The molecule has 1 aromatic carbocycles. The molecule has 6 nitrogen and oxygen atoms in total. The van der Waals surface area contributed by atoms with Crippen LogP contribution in [0.1, 0.15) is 35.7 Å². The van der Waals surface area contributed by atoms with E-state index in [2.05, 4.69) is 10.6 Å². The van der Waals surface area contributed by atoms with Crippen LogP contribution in [0.25, 0.3) is 0 Å². The minimum atomic E-state index is -0.439. The Bertz CT molecular complexity index is 542. The molecule has 0 radical (unpaired) electrons. The van der Waals surface area contributed by atoms with Crippen LogP contribution in [0.15, 0.2) is 18.2 Å². The van der Waals surface area contributed by atoms with Gasteiger partial charge in [-0.05, 0) is 51.9 Å². The molecule has 0 unspecified atom stereocenters. The van der Waals surface area contributed by atoms with Crippen molar-refractivity contribution in [2.45, 2.75) is 32.2 Å². The van der Waals surface area contributed by atoms with Gasteiger partial charge in [0.15, 0.2) is 0 Å². The van der Waals surface area contributed by atoms with Gasteiger partial charge >= 0.3 is 0 Å². The highest BCUT2D eigenvalue weighted by atomic mass is 35.5. The van der Waals surface area contributed by atoms with Gasteiger partial charge in [-0.1, -0.05) is 0 Å². The molecule has 0 bridgehead atoms. The maximum absolute atomic E-state index is 12.3. The predicted octanol–water partition coefficient (Wildman–Crippen LogP) is 2.20. The number of nitro benzene ring substituents is 1. The zero-order valence-electron chi connectivity index (χ0n) is 12.1. The number of amides is 1. The lowest BCUT2D eigenvalue weighted by atomic mass is 9.90. The fourth-order valence-corrected chi connectivity index (χ4v) is 2.45. The fourth-order valence-electron chi connectivity index (χ4n) is 2.45. The van der Waals surface area contributed by atoms with E-state index in [1.807, 2.05) is 6.92 Å². The van der Waals surface area contributed by atoms with Crippen molar-refractivity contribution < 1.29 is 9.72 Å². The first-order chi connectivity index (χ1) is 9.41. The molecule has 0 saturated carbocycles. The number of carbonyl (C=O) groups is 1. The summed E-state index contributed by atoms with van der Waals surface area (Å²) in [7, 11) is 0. The lowest BCUT2D eigenvalue weighted by molar-refractivity contribution is -0.385. The van der Waals surface area contributed by atoms with Crippen LogP contribution >= 0.6 is 12.4 Å². The van der Waals surface area contributed by atoms with Gasteiger partial charge < -0.3 is 10.6 Å². The number of nitro groups is 1. The number of hydrogen-bond donors (Lipinski definition) is 2. The number of piperidine rings is 1. The smallest absolute Gasteiger partial charge is 0.272 e. The van der Waals surface area contributed by atoms with Gasteiger partial charge in [0.25, 0.3) is 11.6 Å². The Morgan fingerprint density at radius 1 is 1.38 bits per heavy atom. The van der Waals surface area contributed by atoms with E-state index < -0.39 is 4.92 Å². The van der Waals surface area contributed by atoms with Crippen LogP contribution in [0.5, 0.6) is 0 Å². The number of hydrogen-bond acceptors (Lipinski definition) is 4. The average molecular weight is 314 g/mol. The van der Waals surface area contributed by atoms with E-state index in [1.165, 1.54) is 12.1 Å². The number of benzene rings is 1. The Morgan fingerprint density at radius 2 is 2.00 bits per heavy atom. The highest BCUT2D eigenvalue weighted by Crippen LogP contribution is 2.21. The van der Waals surface area contributed by atoms with Crippen molar-refractivity contribution in [1.29, 1.82) is 0 Å². The molecule has 1 aromatic rings. The summed E-state index contributed by atoms with van der Waals surface area (Å²) in [6, 6.07) is 4.46. The SMILES string of the molecule is Cc1cc(C(=O)NC2(C)CCNCC2)ccc1[N+](=O)[O-].Cl. The lowest BCUT2D eigenvalue weighted by Crippen LogP contribution is -2.52. The average Bonchev–Trinajstić information content (AvgIpc) is 2.38. The van der Waals surface area contributed by atoms with Crippen molar-refractivity contribution >= 4 is 24.0 Å². The Labute approximate surface area is 129 Å². The van der Waals surface area contributed by atoms with Crippen molar-refractivity contribution in [3.63, 3.8) is 0 Å². The van der Waals surface area contributed by atoms with E-state index in [-0.39, 0.29) is 29.5 Å². The molecule has 0 aliphatic carbocycles. The highest BCUT2D eigenvalue weighted by Gasteiger charge is 2.28. The molecule has 1 aliphatic heterocycles. The van der Waals surface area contributed by atoms with Crippen LogP contribution in [0.4, 0.5) is 5.69 Å². The predicted molar refractivity (Wildman–Crippen MR) is 83.1 cm³/mol. The number of nitrogens with zero attached hydrogens (tertiary/aromatic N) is 1. The Hall–Kier alpha value is -1.66. The second-order valence-corrected chi connectivity index (χ2v) is 5.52. The monoisotopic (exact) mass is 313 g/mol. The van der Waals surface area contributed by atoms with Gasteiger partial charge in [0, 0.05) is 22.7 Å². The summed E-state index contributed by atoms with van der Waals surface area (Å²) in [5, 5.41) is 17.1. The van der Waals surface area contributed by atoms with Gasteiger partial charge in [-0.25, -0.2) is 0 Å². The van der Waals surface area contributed by atoms with E-state index in [9.17, 15) is 14.9 Å². The van der Waals surface area contributed by atoms with Gasteiger partial charge in [-0.2, -0.15) is 0 Å². The minimum Gasteiger partial charge on any atom is -0.347 e. The zero-order chi connectivity index (χ0) is 14.8. The lowest BCUT2D eigenvalue weighted by Gasteiger charge is -2.35. The van der Waals surface area contributed by atoms with Crippen LogP contribution in [0.3, 0.4) is 0 Å². The number of nitrogens with one attached hydrogen (secondary N) is 2. The van der Waals surface area contributed by atoms with Gasteiger partial charge in [0.1, 0.15) is 0 Å². The first-order valence-corrected chi connectivity index (χ1v) is 6.70. The molecule has 1 fully saturated rings. The van der Waals surface area contributed by atoms with E-state index >= 15 is 0 Å². The highest BCUT2D eigenvalue weighted by molar-refractivity contribution is 5.95. The summed E-state index contributed by atoms with van der Waals surface area (Å²) < 4.78 is 0. The molecular formula is C14H20ClN3O3. The second-order valence-electron chi connectivity index (χ2n) is 5.52. The van der Waals surface area contributed by atoms with Crippen LogP contribution in [0, 0.1) is 17.0 Å². The summed E-state index contributed by atoms with van der Waals surface area (Å²) in [6.07, 6.45) is 1.76. The first kappa shape index (κ1) is 17.4. The molecule has 0 atom stereocenters. The summed E-state index contributed by atoms with van der Waals surface area (Å²) in [5.41, 5.74) is 0.790.